The molecule has 0 N–H and O–H groups in total. The summed E-state index contributed by atoms with van der Waals surface area (Å²) in [5.74, 6) is -0.394. The van der Waals surface area contributed by atoms with E-state index in [1.807, 2.05) is 43.3 Å². The third-order valence-electron chi connectivity index (χ3n) is 3.33. The van der Waals surface area contributed by atoms with Crippen molar-refractivity contribution in [1.29, 1.82) is 0 Å². The molecular formula is C17H14N2O2. The van der Waals surface area contributed by atoms with Gasteiger partial charge in [-0.05, 0) is 24.6 Å². The van der Waals surface area contributed by atoms with Crippen molar-refractivity contribution in [2.75, 3.05) is 7.11 Å². The number of nitrogens with zero attached hydrogens (tertiary/aromatic N) is 2. The molecule has 0 atom stereocenters. The Balaban J connectivity index is 2.15. The molecular weight excluding hydrogens is 264 g/mol. The zero-order valence-corrected chi connectivity index (χ0v) is 11.8. The molecule has 0 fully saturated rings. The van der Waals surface area contributed by atoms with E-state index in [1.165, 1.54) is 13.3 Å². The Labute approximate surface area is 122 Å². The first-order valence-electron chi connectivity index (χ1n) is 6.60. The van der Waals surface area contributed by atoms with E-state index in [4.69, 9.17) is 4.74 Å². The second-order valence-corrected chi connectivity index (χ2v) is 4.78. The molecule has 0 unspecified atom stereocenters. The number of aromatic nitrogens is 2. The molecule has 0 spiro atoms. The fourth-order valence-electron chi connectivity index (χ4n) is 2.29. The van der Waals surface area contributed by atoms with Crippen molar-refractivity contribution in [2.45, 2.75) is 6.92 Å². The van der Waals surface area contributed by atoms with E-state index in [1.54, 1.807) is 6.07 Å². The highest BCUT2D eigenvalue weighted by atomic mass is 16.5. The number of esters is 1. The van der Waals surface area contributed by atoms with Crippen LogP contribution in [-0.4, -0.2) is 23.0 Å². The molecule has 3 aromatic rings. The van der Waals surface area contributed by atoms with Crippen molar-refractivity contribution >= 4 is 17.0 Å². The van der Waals surface area contributed by atoms with E-state index in [2.05, 4.69) is 9.97 Å². The summed E-state index contributed by atoms with van der Waals surface area (Å²) in [6.45, 7) is 2.00. The first-order chi connectivity index (χ1) is 10.2. The van der Waals surface area contributed by atoms with Crippen LogP contribution in [0.15, 0.2) is 48.7 Å². The number of carbonyl (C=O) groups excluding carboxylic acids is 1. The van der Waals surface area contributed by atoms with Crippen LogP contribution in [0.4, 0.5) is 0 Å². The number of methoxy groups -OCH3 is 1. The van der Waals surface area contributed by atoms with Crippen molar-refractivity contribution in [2.24, 2.45) is 0 Å². The topological polar surface area (TPSA) is 52.1 Å². The Bertz CT molecular complexity index is 814. The minimum Gasteiger partial charge on any atom is -0.465 e. The SMILES string of the molecule is COC(=O)c1cnc2nc(-c3ccccc3)c(C)cc2c1. The number of carbonyl (C=O) groups is 1. The molecule has 0 bridgehead atoms. The van der Waals surface area contributed by atoms with Crippen LogP contribution < -0.4 is 0 Å². The average molecular weight is 278 g/mol. The number of aryl methyl sites for hydroxylation is 1. The molecule has 0 aliphatic heterocycles. The Morgan fingerprint density at radius 2 is 1.90 bits per heavy atom. The number of fused-ring (bicyclic) bond motifs is 1. The largest absolute Gasteiger partial charge is 0.465 e. The molecule has 1 aromatic carbocycles. The van der Waals surface area contributed by atoms with Gasteiger partial charge < -0.3 is 4.74 Å². The molecule has 21 heavy (non-hydrogen) atoms. The number of benzene rings is 1. The second-order valence-electron chi connectivity index (χ2n) is 4.78. The third kappa shape index (κ3) is 2.48. The van der Waals surface area contributed by atoms with E-state index in [0.29, 0.717) is 11.2 Å². The van der Waals surface area contributed by atoms with E-state index >= 15 is 0 Å². The van der Waals surface area contributed by atoms with Crippen LogP contribution in [-0.2, 0) is 4.74 Å². The Hall–Kier alpha value is -2.75. The van der Waals surface area contributed by atoms with Crippen molar-refractivity contribution < 1.29 is 9.53 Å². The van der Waals surface area contributed by atoms with Gasteiger partial charge in [0, 0.05) is 17.1 Å². The highest BCUT2D eigenvalue weighted by Crippen LogP contribution is 2.24. The van der Waals surface area contributed by atoms with E-state index in [-0.39, 0.29) is 0 Å². The van der Waals surface area contributed by atoms with Crippen LogP contribution in [0.5, 0.6) is 0 Å². The lowest BCUT2D eigenvalue weighted by molar-refractivity contribution is 0.0600. The van der Waals surface area contributed by atoms with Crippen LogP contribution >= 0.6 is 0 Å². The summed E-state index contributed by atoms with van der Waals surface area (Å²) < 4.78 is 4.71. The predicted octanol–water partition coefficient (Wildman–Crippen LogP) is 3.39. The van der Waals surface area contributed by atoms with Gasteiger partial charge in [0.05, 0.1) is 18.4 Å². The lowest BCUT2D eigenvalue weighted by atomic mass is 10.1. The predicted molar refractivity (Wildman–Crippen MR) is 81.1 cm³/mol. The summed E-state index contributed by atoms with van der Waals surface area (Å²) in [6, 6.07) is 13.7. The van der Waals surface area contributed by atoms with Gasteiger partial charge in [-0.1, -0.05) is 30.3 Å². The fraction of sp³-hybridized carbons (Fsp3) is 0.118. The monoisotopic (exact) mass is 278 g/mol. The molecule has 0 saturated carbocycles. The van der Waals surface area contributed by atoms with Crippen molar-refractivity contribution in [3.05, 3.63) is 59.8 Å². The maximum absolute atomic E-state index is 11.5. The van der Waals surface area contributed by atoms with Gasteiger partial charge in [-0.2, -0.15) is 0 Å². The van der Waals surface area contributed by atoms with Crippen LogP contribution in [0.2, 0.25) is 0 Å². The standard InChI is InChI=1S/C17H14N2O2/c1-11-8-13-9-14(17(20)21-2)10-18-16(13)19-15(11)12-6-4-3-5-7-12/h3-10H,1-2H3. The van der Waals surface area contributed by atoms with Crippen LogP contribution in [0, 0.1) is 6.92 Å². The summed E-state index contributed by atoms with van der Waals surface area (Å²) in [4.78, 5) is 20.4. The third-order valence-corrected chi connectivity index (χ3v) is 3.33. The van der Waals surface area contributed by atoms with Gasteiger partial charge in [-0.25, -0.2) is 14.8 Å². The van der Waals surface area contributed by atoms with E-state index in [9.17, 15) is 4.79 Å². The number of rotatable bonds is 2. The van der Waals surface area contributed by atoms with Gasteiger partial charge in [0.25, 0.3) is 0 Å². The van der Waals surface area contributed by atoms with Crippen molar-refractivity contribution in [3.8, 4) is 11.3 Å². The molecule has 104 valence electrons. The van der Waals surface area contributed by atoms with Crippen LogP contribution in [0.25, 0.3) is 22.3 Å². The van der Waals surface area contributed by atoms with Crippen molar-refractivity contribution in [1.82, 2.24) is 9.97 Å². The molecule has 4 nitrogen and oxygen atoms in total. The number of pyridine rings is 2. The van der Waals surface area contributed by atoms with Gasteiger partial charge in [0.2, 0.25) is 0 Å². The van der Waals surface area contributed by atoms with Crippen LogP contribution in [0.3, 0.4) is 0 Å². The van der Waals surface area contributed by atoms with Gasteiger partial charge in [0.15, 0.2) is 5.65 Å². The summed E-state index contributed by atoms with van der Waals surface area (Å²) in [5, 5.41) is 0.829. The smallest absolute Gasteiger partial charge is 0.339 e. The number of hydrogen-bond acceptors (Lipinski definition) is 4. The minimum atomic E-state index is -0.394. The average Bonchev–Trinajstić information content (AvgIpc) is 2.53. The van der Waals surface area contributed by atoms with E-state index in [0.717, 1.165) is 22.2 Å². The van der Waals surface area contributed by atoms with E-state index < -0.39 is 5.97 Å². The zero-order chi connectivity index (χ0) is 14.8. The number of hydrogen-bond donors (Lipinski definition) is 0. The lowest BCUT2D eigenvalue weighted by Crippen LogP contribution is -2.02. The quantitative estimate of drug-likeness (QED) is 0.674. The van der Waals surface area contributed by atoms with Gasteiger partial charge in [0.1, 0.15) is 0 Å². The molecule has 0 aliphatic carbocycles. The first-order valence-corrected chi connectivity index (χ1v) is 6.60. The van der Waals surface area contributed by atoms with Crippen molar-refractivity contribution in [3.63, 3.8) is 0 Å². The van der Waals surface area contributed by atoms with Gasteiger partial charge >= 0.3 is 5.97 Å². The highest BCUT2D eigenvalue weighted by molar-refractivity contribution is 5.93. The first kappa shape index (κ1) is 13.2. The van der Waals surface area contributed by atoms with Crippen LogP contribution in [0.1, 0.15) is 15.9 Å². The molecule has 0 amide bonds. The summed E-state index contributed by atoms with van der Waals surface area (Å²) in [7, 11) is 1.36. The Kier molecular flexibility index (Phi) is 3.36. The summed E-state index contributed by atoms with van der Waals surface area (Å²) in [5.41, 5.74) is 4.04. The maximum atomic E-state index is 11.5. The lowest BCUT2D eigenvalue weighted by Gasteiger charge is -2.08. The Morgan fingerprint density at radius 1 is 1.14 bits per heavy atom. The fourth-order valence-corrected chi connectivity index (χ4v) is 2.29. The minimum absolute atomic E-state index is 0.394. The molecule has 4 heteroatoms. The highest BCUT2D eigenvalue weighted by Gasteiger charge is 2.10. The number of ether oxygens (including phenoxy) is 1. The molecule has 2 heterocycles. The summed E-state index contributed by atoms with van der Waals surface area (Å²) >= 11 is 0. The molecule has 0 radical (unpaired) electrons. The second kappa shape index (κ2) is 5.32. The summed E-state index contributed by atoms with van der Waals surface area (Å²) in [6.07, 6.45) is 1.49. The molecule has 3 rings (SSSR count). The Morgan fingerprint density at radius 3 is 2.62 bits per heavy atom. The van der Waals surface area contributed by atoms with Gasteiger partial charge in [-0.3, -0.25) is 0 Å². The molecule has 0 aliphatic rings. The molecule has 2 aromatic heterocycles. The normalized spacial score (nSPS) is 10.6. The van der Waals surface area contributed by atoms with Gasteiger partial charge in [-0.15, -0.1) is 0 Å². The molecule has 0 saturated heterocycles. The maximum Gasteiger partial charge on any atom is 0.339 e. The zero-order valence-electron chi connectivity index (χ0n) is 11.8.